The van der Waals surface area contributed by atoms with Gasteiger partial charge in [-0.3, -0.25) is 4.79 Å². The Labute approximate surface area is 105 Å². The van der Waals surface area contributed by atoms with Crippen LogP contribution < -0.4 is 10.6 Å². The minimum atomic E-state index is -0.588. The summed E-state index contributed by atoms with van der Waals surface area (Å²) < 4.78 is 0. The number of benzene rings is 1. The lowest BCUT2D eigenvalue weighted by Crippen LogP contribution is -2.60. The number of thioether (sulfide) groups is 1. The first kappa shape index (κ1) is 11.1. The molecule has 2 aliphatic rings. The van der Waals surface area contributed by atoms with Gasteiger partial charge in [0.25, 0.3) is 0 Å². The smallest absolute Gasteiger partial charge is 0.247 e. The number of carbonyl (C=O) groups is 1. The summed E-state index contributed by atoms with van der Waals surface area (Å²) in [7, 11) is 0. The van der Waals surface area contributed by atoms with Crippen LogP contribution in [0.5, 0.6) is 0 Å². The topological polar surface area (TPSA) is 46.3 Å². The van der Waals surface area contributed by atoms with E-state index in [1.165, 1.54) is 4.90 Å². The summed E-state index contributed by atoms with van der Waals surface area (Å²) in [6, 6.07) is 8.08. The molecule has 0 bridgehead atoms. The molecule has 0 saturated heterocycles. The Morgan fingerprint density at radius 2 is 2.12 bits per heavy atom. The number of fused-ring (bicyclic) bond motifs is 1. The van der Waals surface area contributed by atoms with E-state index in [1.54, 1.807) is 0 Å². The molecule has 1 aliphatic heterocycles. The van der Waals surface area contributed by atoms with E-state index in [-0.39, 0.29) is 5.91 Å². The van der Waals surface area contributed by atoms with Gasteiger partial charge in [-0.25, -0.2) is 0 Å². The number of anilines is 1. The molecule has 1 fully saturated rings. The third-order valence-electron chi connectivity index (χ3n) is 3.65. The highest BCUT2D eigenvalue weighted by Gasteiger charge is 2.43. The summed E-state index contributed by atoms with van der Waals surface area (Å²) in [5.74, 6) is 1.07. The maximum Gasteiger partial charge on any atom is 0.247 e. The molecular formula is C13H16N2OS. The molecule has 2 N–H and O–H groups in total. The quantitative estimate of drug-likeness (QED) is 0.827. The van der Waals surface area contributed by atoms with E-state index in [1.807, 2.05) is 34.9 Å². The van der Waals surface area contributed by atoms with Crippen molar-refractivity contribution in [3.05, 3.63) is 24.3 Å². The first-order valence-electron chi connectivity index (χ1n) is 6.03. The largest absolute Gasteiger partial charge is 0.317 e. The fraction of sp³-hybridized carbons (Fsp3) is 0.462. The maximum atomic E-state index is 12.5. The third kappa shape index (κ3) is 1.76. The molecule has 1 aromatic carbocycles. The third-order valence-corrected chi connectivity index (χ3v) is 4.69. The standard InChI is InChI=1S/C13H16N2OS/c14-13(6-3-7-13)12(16)15-8-9-17-11-5-2-1-4-10(11)15/h1-2,4-5H,3,6-9,14H2. The molecular weight excluding hydrogens is 232 g/mol. The number of carbonyl (C=O) groups excluding carboxylic acids is 1. The number of hydrogen-bond donors (Lipinski definition) is 1. The molecule has 0 spiro atoms. The molecule has 0 radical (unpaired) electrons. The van der Waals surface area contributed by atoms with Crippen LogP contribution in [-0.2, 0) is 4.79 Å². The number of nitrogens with zero attached hydrogens (tertiary/aromatic N) is 1. The van der Waals surface area contributed by atoms with Crippen molar-refractivity contribution in [3.8, 4) is 0 Å². The molecule has 4 heteroatoms. The van der Waals surface area contributed by atoms with Gasteiger partial charge in [0, 0.05) is 17.2 Å². The Morgan fingerprint density at radius 1 is 1.35 bits per heavy atom. The van der Waals surface area contributed by atoms with Gasteiger partial charge >= 0.3 is 0 Å². The molecule has 17 heavy (non-hydrogen) atoms. The lowest BCUT2D eigenvalue weighted by molar-refractivity contribution is -0.126. The average molecular weight is 248 g/mol. The van der Waals surface area contributed by atoms with Gasteiger partial charge in [-0.2, -0.15) is 0 Å². The second-order valence-electron chi connectivity index (χ2n) is 4.78. The molecule has 0 atom stereocenters. The van der Waals surface area contributed by atoms with Crippen molar-refractivity contribution in [1.82, 2.24) is 0 Å². The first-order valence-corrected chi connectivity index (χ1v) is 7.02. The van der Waals surface area contributed by atoms with Gasteiger partial charge in [0.1, 0.15) is 0 Å². The Morgan fingerprint density at radius 3 is 2.82 bits per heavy atom. The highest BCUT2D eigenvalue weighted by molar-refractivity contribution is 7.99. The van der Waals surface area contributed by atoms with Crippen molar-refractivity contribution in [2.75, 3.05) is 17.2 Å². The van der Waals surface area contributed by atoms with Gasteiger partial charge in [0.05, 0.1) is 11.2 Å². The average Bonchev–Trinajstić information content (AvgIpc) is 2.34. The molecule has 90 valence electrons. The second-order valence-corrected chi connectivity index (χ2v) is 5.92. The van der Waals surface area contributed by atoms with Crippen LogP contribution in [0.1, 0.15) is 19.3 Å². The SMILES string of the molecule is NC1(C(=O)N2CCSc3ccccc32)CCC1. The molecule has 1 aliphatic carbocycles. The maximum absolute atomic E-state index is 12.5. The summed E-state index contributed by atoms with van der Waals surface area (Å²) in [5.41, 5.74) is 6.58. The van der Waals surface area contributed by atoms with Gasteiger partial charge in [0.2, 0.25) is 5.91 Å². The van der Waals surface area contributed by atoms with E-state index in [9.17, 15) is 4.79 Å². The van der Waals surface area contributed by atoms with Gasteiger partial charge in [0.15, 0.2) is 0 Å². The highest BCUT2D eigenvalue weighted by Crippen LogP contribution is 2.38. The first-order chi connectivity index (χ1) is 8.21. The normalized spacial score (nSPS) is 21.6. The summed E-state index contributed by atoms with van der Waals surface area (Å²) in [5, 5.41) is 0. The van der Waals surface area contributed by atoms with Gasteiger partial charge in [-0.05, 0) is 31.4 Å². The van der Waals surface area contributed by atoms with E-state index in [2.05, 4.69) is 6.07 Å². The molecule has 1 saturated carbocycles. The number of hydrogen-bond acceptors (Lipinski definition) is 3. The summed E-state index contributed by atoms with van der Waals surface area (Å²) in [6.07, 6.45) is 2.74. The summed E-state index contributed by atoms with van der Waals surface area (Å²) >= 11 is 1.81. The number of nitrogens with two attached hydrogens (primary N) is 1. The van der Waals surface area contributed by atoms with E-state index in [0.29, 0.717) is 0 Å². The fourth-order valence-electron chi connectivity index (χ4n) is 2.42. The van der Waals surface area contributed by atoms with Crippen molar-refractivity contribution >= 4 is 23.4 Å². The van der Waals surface area contributed by atoms with Crippen LogP contribution in [0.15, 0.2) is 29.2 Å². The van der Waals surface area contributed by atoms with Crippen LogP contribution in [-0.4, -0.2) is 23.7 Å². The zero-order valence-electron chi connectivity index (χ0n) is 9.69. The van der Waals surface area contributed by atoms with Crippen molar-refractivity contribution in [1.29, 1.82) is 0 Å². The minimum absolute atomic E-state index is 0.108. The molecule has 1 amide bonds. The van der Waals surface area contributed by atoms with Crippen LogP contribution in [0.25, 0.3) is 0 Å². The Balaban J connectivity index is 1.92. The van der Waals surface area contributed by atoms with E-state index < -0.39 is 5.54 Å². The fourth-order valence-corrected chi connectivity index (χ4v) is 3.42. The number of rotatable bonds is 1. The van der Waals surface area contributed by atoms with Crippen LogP contribution >= 0.6 is 11.8 Å². The Bertz CT molecular complexity index is 456. The Hall–Kier alpha value is -1.00. The van der Waals surface area contributed by atoms with Crippen molar-refractivity contribution in [3.63, 3.8) is 0 Å². The zero-order valence-corrected chi connectivity index (χ0v) is 10.5. The predicted molar refractivity (Wildman–Crippen MR) is 70.3 cm³/mol. The van der Waals surface area contributed by atoms with E-state index in [4.69, 9.17) is 5.73 Å². The number of para-hydroxylation sites is 1. The van der Waals surface area contributed by atoms with E-state index in [0.717, 1.165) is 37.2 Å². The lowest BCUT2D eigenvalue weighted by atomic mass is 9.76. The molecule has 0 aromatic heterocycles. The molecule has 0 unspecified atom stereocenters. The predicted octanol–water partition coefficient (Wildman–Crippen LogP) is 2.01. The monoisotopic (exact) mass is 248 g/mol. The van der Waals surface area contributed by atoms with Crippen LogP contribution in [0.2, 0.25) is 0 Å². The second kappa shape index (κ2) is 4.03. The molecule has 1 aromatic rings. The zero-order chi connectivity index (χ0) is 11.9. The minimum Gasteiger partial charge on any atom is -0.317 e. The van der Waals surface area contributed by atoms with Crippen molar-refractivity contribution < 1.29 is 4.79 Å². The van der Waals surface area contributed by atoms with E-state index >= 15 is 0 Å². The molecule has 3 rings (SSSR count). The van der Waals surface area contributed by atoms with Crippen molar-refractivity contribution in [2.45, 2.75) is 29.7 Å². The molecule has 1 heterocycles. The van der Waals surface area contributed by atoms with Crippen LogP contribution in [0.3, 0.4) is 0 Å². The lowest BCUT2D eigenvalue weighted by Gasteiger charge is -2.41. The summed E-state index contributed by atoms with van der Waals surface area (Å²) in [6.45, 7) is 0.777. The molecule has 3 nitrogen and oxygen atoms in total. The summed E-state index contributed by atoms with van der Waals surface area (Å²) in [4.78, 5) is 15.5. The number of amides is 1. The van der Waals surface area contributed by atoms with Gasteiger partial charge in [-0.1, -0.05) is 12.1 Å². The van der Waals surface area contributed by atoms with Crippen LogP contribution in [0, 0.1) is 0 Å². The van der Waals surface area contributed by atoms with Crippen LogP contribution in [0.4, 0.5) is 5.69 Å². The van der Waals surface area contributed by atoms with Gasteiger partial charge < -0.3 is 10.6 Å². The Kier molecular flexibility index (Phi) is 2.64. The highest BCUT2D eigenvalue weighted by atomic mass is 32.2. The van der Waals surface area contributed by atoms with Gasteiger partial charge in [-0.15, -0.1) is 11.8 Å². The van der Waals surface area contributed by atoms with Crippen molar-refractivity contribution in [2.24, 2.45) is 5.73 Å².